The van der Waals surface area contributed by atoms with Crippen molar-refractivity contribution in [2.75, 3.05) is 11.6 Å². The first kappa shape index (κ1) is 14.4. The Bertz CT molecular complexity index is 572. The van der Waals surface area contributed by atoms with E-state index in [0.29, 0.717) is 12.2 Å². The molecule has 2 unspecified atom stereocenters. The summed E-state index contributed by atoms with van der Waals surface area (Å²) in [6.45, 7) is 0. The van der Waals surface area contributed by atoms with Crippen LogP contribution in [0.5, 0.6) is 0 Å². The van der Waals surface area contributed by atoms with Gasteiger partial charge in [-0.15, -0.1) is 11.8 Å². The molecule has 3 N–H and O–H groups in total. The number of hydrogen-bond donors (Lipinski definition) is 2. The number of aryl methyl sites for hydroxylation is 1. The fourth-order valence-electron chi connectivity index (χ4n) is 3.00. The quantitative estimate of drug-likeness (QED) is 0.811. The van der Waals surface area contributed by atoms with Crippen LogP contribution in [-0.4, -0.2) is 29.5 Å². The van der Waals surface area contributed by atoms with E-state index in [1.807, 2.05) is 24.3 Å². The molecule has 6 heteroatoms. The first-order chi connectivity index (χ1) is 10.1. The second kappa shape index (κ2) is 5.69. The number of ether oxygens (including phenoxy) is 1. The van der Waals surface area contributed by atoms with Gasteiger partial charge in [0.15, 0.2) is 0 Å². The number of esters is 1. The number of amides is 1. The zero-order valence-corrected chi connectivity index (χ0v) is 12.4. The lowest BCUT2D eigenvalue weighted by molar-refractivity contribution is -0.172. The number of nitrogens with one attached hydrogen (secondary N) is 1. The SMILES string of the molecule is NC(=O)C1(OC(=O)C2CSCN2)CCCc2ccccc21. The molecule has 1 fully saturated rings. The standard InChI is InChI=1S/C15H18N2O3S/c16-14(19)15(20-13(18)12-8-21-9-17-12)7-3-5-10-4-1-2-6-11(10)15/h1-2,4,6,12,17H,3,5,7-9H2,(H2,16,19). The van der Waals surface area contributed by atoms with Crippen molar-refractivity contribution in [3.05, 3.63) is 35.4 Å². The minimum atomic E-state index is -1.32. The van der Waals surface area contributed by atoms with Gasteiger partial charge in [-0.1, -0.05) is 24.3 Å². The molecule has 0 aromatic heterocycles. The number of rotatable bonds is 3. The number of fused-ring (bicyclic) bond motifs is 1. The minimum Gasteiger partial charge on any atom is -0.443 e. The molecule has 1 amide bonds. The van der Waals surface area contributed by atoms with Crippen molar-refractivity contribution in [2.45, 2.75) is 30.9 Å². The molecule has 0 radical (unpaired) electrons. The van der Waals surface area contributed by atoms with Crippen LogP contribution in [0, 0.1) is 0 Å². The fraction of sp³-hybridized carbons (Fsp3) is 0.467. The molecule has 1 aliphatic carbocycles. The number of carbonyl (C=O) groups is 2. The molecule has 0 saturated carbocycles. The molecule has 2 atom stereocenters. The van der Waals surface area contributed by atoms with Crippen molar-refractivity contribution in [3.63, 3.8) is 0 Å². The molecule has 0 bridgehead atoms. The monoisotopic (exact) mass is 306 g/mol. The molecule has 1 aromatic carbocycles. The Hall–Kier alpha value is -1.53. The summed E-state index contributed by atoms with van der Waals surface area (Å²) in [5.41, 5.74) is 6.07. The van der Waals surface area contributed by atoms with Gasteiger partial charge in [0.2, 0.25) is 5.60 Å². The third kappa shape index (κ3) is 2.53. The Kier molecular flexibility index (Phi) is 3.91. The highest BCUT2D eigenvalue weighted by molar-refractivity contribution is 7.99. The van der Waals surface area contributed by atoms with Gasteiger partial charge in [-0.3, -0.25) is 14.9 Å². The molecule has 5 nitrogen and oxygen atoms in total. The molecular weight excluding hydrogens is 288 g/mol. The van der Waals surface area contributed by atoms with E-state index in [9.17, 15) is 9.59 Å². The van der Waals surface area contributed by atoms with Crippen LogP contribution in [0.1, 0.15) is 24.0 Å². The Morgan fingerprint density at radius 3 is 2.90 bits per heavy atom. The zero-order chi connectivity index (χ0) is 14.9. The van der Waals surface area contributed by atoms with Crippen LogP contribution in [0.15, 0.2) is 24.3 Å². The van der Waals surface area contributed by atoms with Crippen molar-refractivity contribution in [1.29, 1.82) is 0 Å². The summed E-state index contributed by atoms with van der Waals surface area (Å²) in [7, 11) is 0. The van der Waals surface area contributed by atoms with Crippen molar-refractivity contribution < 1.29 is 14.3 Å². The predicted molar refractivity (Wildman–Crippen MR) is 80.6 cm³/mol. The Labute approximate surface area is 127 Å². The molecule has 3 rings (SSSR count). The highest BCUT2D eigenvalue weighted by atomic mass is 32.2. The van der Waals surface area contributed by atoms with E-state index in [-0.39, 0.29) is 6.04 Å². The van der Waals surface area contributed by atoms with E-state index in [1.165, 1.54) is 0 Å². The molecule has 112 valence electrons. The zero-order valence-electron chi connectivity index (χ0n) is 11.6. The number of benzene rings is 1. The van der Waals surface area contributed by atoms with Crippen molar-refractivity contribution in [1.82, 2.24) is 5.32 Å². The van der Waals surface area contributed by atoms with E-state index in [0.717, 1.165) is 29.8 Å². The van der Waals surface area contributed by atoms with Crippen LogP contribution in [0.3, 0.4) is 0 Å². The lowest BCUT2D eigenvalue weighted by Gasteiger charge is -2.36. The second-order valence-corrected chi connectivity index (χ2v) is 6.43. The molecule has 1 aliphatic heterocycles. The fourth-order valence-corrected chi connectivity index (χ4v) is 3.92. The lowest BCUT2D eigenvalue weighted by Crippen LogP contribution is -2.50. The molecule has 1 heterocycles. The average Bonchev–Trinajstić information content (AvgIpc) is 3.01. The summed E-state index contributed by atoms with van der Waals surface area (Å²) >= 11 is 1.64. The van der Waals surface area contributed by atoms with Gasteiger partial charge in [0, 0.05) is 23.6 Å². The van der Waals surface area contributed by atoms with Crippen molar-refractivity contribution >= 4 is 23.6 Å². The number of nitrogens with two attached hydrogens (primary N) is 1. The maximum Gasteiger partial charge on any atom is 0.325 e. The normalized spacial score (nSPS) is 27.9. The van der Waals surface area contributed by atoms with Gasteiger partial charge < -0.3 is 10.5 Å². The summed E-state index contributed by atoms with van der Waals surface area (Å²) in [6, 6.07) is 7.21. The Morgan fingerprint density at radius 2 is 2.19 bits per heavy atom. The topological polar surface area (TPSA) is 81.4 Å². The van der Waals surface area contributed by atoms with Crippen LogP contribution in [0.4, 0.5) is 0 Å². The van der Waals surface area contributed by atoms with Gasteiger partial charge in [0.25, 0.3) is 5.91 Å². The van der Waals surface area contributed by atoms with Crippen LogP contribution in [-0.2, 0) is 26.3 Å². The van der Waals surface area contributed by atoms with E-state index in [2.05, 4.69) is 5.32 Å². The number of primary amides is 1. The maximum absolute atomic E-state index is 12.3. The molecule has 0 spiro atoms. The predicted octanol–water partition coefficient (Wildman–Crippen LogP) is 0.909. The van der Waals surface area contributed by atoms with E-state index in [4.69, 9.17) is 10.5 Å². The highest BCUT2D eigenvalue weighted by Gasteiger charge is 2.46. The molecular formula is C15H18N2O3S. The summed E-state index contributed by atoms with van der Waals surface area (Å²) in [5, 5.41) is 3.06. The maximum atomic E-state index is 12.3. The summed E-state index contributed by atoms with van der Waals surface area (Å²) in [5.74, 6) is 0.402. The van der Waals surface area contributed by atoms with Crippen LogP contribution >= 0.6 is 11.8 Å². The number of carbonyl (C=O) groups excluding carboxylic acids is 2. The number of hydrogen-bond acceptors (Lipinski definition) is 5. The number of thioether (sulfide) groups is 1. The summed E-state index contributed by atoms with van der Waals surface area (Å²) in [6.07, 6.45) is 2.10. The Balaban J connectivity index is 1.94. The first-order valence-corrected chi connectivity index (χ1v) is 8.21. The van der Waals surface area contributed by atoms with E-state index >= 15 is 0 Å². The van der Waals surface area contributed by atoms with Gasteiger partial charge in [0.1, 0.15) is 6.04 Å². The van der Waals surface area contributed by atoms with Gasteiger partial charge in [-0.05, 0) is 18.4 Å². The third-order valence-electron chi connectivity index (χ3n) is 4.10. The first-order valence-electron chi connectivity index (χ1n) is 7.06. The van der Waals surface area contributed by atoms with Crippen LogP contribution < -0.4 is 11.1 Å². The summed E-state index contributed by atoms with van der Waals surface area (Å²) < 4.78 is 5.66. The van der Waals surface area contributed by atoms with E-state index in [1.54, 1.807) is 11.8 Å². The highest BCUT2D eigenvalue weighted by Crippen LogP contribution is 2.38. The largest absolute Gasteiger partial charge is 0.443 e. The van der Waals surface area contributed by atoms with Gasteiger partial charge >= 0.3 is 5.97 Å². The van der Waals surface area contributed by atoms with Crippen molar-refractivity contribution in [3.8, 4) is 0 Å². The van der Waals surface area contributed by atoms with Gasteiger partial charge in [-0.25, -0.2) is 0 Å². The lowest BCUT2D eigenvalue weighted by atomic mass is 9.78. The van der Waals surface area contributed by atoms with Crippen LogP contribution in [0.2, 0.25) is 0 Å². The Morgan fingerprint density at radius 1 is 1.38 bits per heavy atom. The van der Waals surface area contributed by atoms with Crippen LogP contribution in [0.25, 0.3) is 0 Å². The smallest absolute Gasteiger partial charge is 0.325 e. The molecule has 1 aromatic rings. The molecule has 21 heavy (non-hydrogen) atoms. The second-order valence-electron chi connectivity index (χ2n) is 5.39. The minimum absolute atomic E-state index is 0.361. The van der Waals surface area contributed by atoms with Gasteiger partial charge in [0.05, 0.1) is 0 Å². The van der Waals surface area contributed by atoms with Gasteiger partial charge in [-0.2, -0.15) is 0 Å². The van der Waals surface area contributed by atoms with E-state index < -0.39 is 17.5 Å². The molecule has 2 aliphatic rings. The average molecular weight is 306 g/mol. The van der Waals surface area contributed by atoms with Crippen molar-refractivity contribution in [2.24, 2.45) is 5.73 Å². The summed E-state index contributed by atoms with van der Waals surface area (Å²) in [4.78, 5) is 24.4. The third-order valence-corrected chi connectivity index (χ3v) is 5.04. The molecule has 1 saturated heterocycles.